The molecule has 0 saturated carbocycles. The van der Waals surface area contributed by atoms with Crippen LogP contribution in [-0.4, -0.2) is 35.7 Å². The number of aromatic nitrogens is 2. The SMILES string of the molecule is Cc1ccccc1-c1noc(CC(=O)NCCN2CCc3ccccc32)n1. The minimum Gasteiger partial charge on any atom is -0.369 e. The summed E-state index contributed by atoms with van der Waals surface area (Å²) in [5, 5.41) is 6.94. The molecule has 2 heterocycles. The molecule has 1 aliphatic rings. The predicted octanol–water partition coefficient (Wildman–Crippen LogP) is 2.77. The van der Waals surface area contributed by atoms with Crippen LogP contribution in [0, 0.1) is 6.92 Å². The van der Waals surface area contributed by atoms with E-state index < -0.39 is 0 Å². The summed E-state index contributed by atoms with van der Waals surface area (Å²) in [6.45, 7) is 4.38. The lowest BCUT2D eigenvalue weighted by Gasteiger charge is -2.19. The maximum absolute atomic E-state index is 12.2. The van der Waals surface area contributed by atoms with Crippen LogP contribution in [0.2, 0.25) is 0 Å². The number of hydrogen-bond donors (Lipinski definition) is 1. The molecule has 4 rings (SSSR count). The molecule has 0 saturated heterocycles. The summed E-state index contributed by atoms with van der Waals surface area (Å²) in [6.07, 6.45) is 1.16. The zero-order chi connectivity index (χ0) is 18.6. The van der Waals surface area contributed by atoms with Crippen LogP contribution in [0.4, 0.5) is 5.69 Å². The van der Waals surface area contributed by atoms with Gasteiger partial charge in [0.05, 0.1) is 0 Å². The Hall–Kier alpha value is -3.15. The molecule has 1 N–H and O–H groups in total. The fraction of sp³-hybridized carbons (Fsp3) is 0.286. The Morgan fingerprint density at radius 1 is 1.19 bits per heavy atom. The Morgan fingerprint density at radius 3 is 2.89 bits per heavy atom. The van der Waals surface area contributed by atoms with E-state index in [-0.39, 0.29) is 12.3 Å². The van der Waals surface area contributed by atoms with Gasteiger partial charge in [0.1, 0.15) is 6.42 Å². The summed E-state index contributed by atoms with van der Waals surface area (Å²) < 4.78 is 5.24. The van der Waals surface area contributed by atoms with E-state index in [4.69, 9.17) is 4.52 Å². The Kier molecular flexibility index (Phi) is 4.87. The zero-order valence-electron chi connectivity index (χ0n) is 15.3. The number of carbonyl (C=O) groups excluding carboxylic acids is 1. The van der Waals surface area contributed by atoms with Gasteiger partial charge in [-0.05, 0) is 30.5 Å². The molecule has 0 unspecified atom stereocenters. The molecule has 0 atom stereocenters. The van der Waals surface area contributed by atoms with Gasteiger partial charge >= 0.3 is 0 Å². The van der Waals surface area contributed by atoms with Crippen LogP contribution < -0.4 is 10.2 Å². The molecule has 6 nitrogen and oxygen atoms in total. The number of carbonyl (C=O) groups is 1. The number of aryl methyl sites for hydroxylation is 1. The second-order valence-electron chi connectivity index (χ2n) is 6.72. The molecule has 1 aromatic heterocycles. The molecule has 138 valence electrons. The molecule has 1 aliphatic heterocycles. The molecule has 0 fully saturated rings. The molecule has 0 bridgehead atoms. The van der Waals surface area contributed by atoms with Crippen LogP contribution >= 0.6 is 0 Å². The molecule has 3 aromatic rings. The summed E-state index contributed by atoms with van der Waals surface area (Å²) in [5.74, 6) is 0.740. The third kappa shape index (κ3) is 3.84. The van der Waals surface area contributed by atoms with Gasteiger partial charge in [-0.25, -0.2) is 0 Å². The van der Waals surface area contributed by atoms with Crippen molar-refractivity contribution in [3.05, 3.63) is 65.5 Å². The van der Waals surface area contributed by atoms with Crippen molar-refractivity contribution in [1.82, 2.24) is 15.5 Å². The average Bonchev–Trinajstić information content (AvgIpc) is 3.30. The van der Waals surface area contributed by atoms with Gasteiger partial charge in [-0.1, -0.05) is 47.6 Å². The van der Waals surface area contributed by atoms with Crippen LogP contribution in [0.1, 0.15) is 17.0 Å². The zero-order valence-corrected chi connectivity index (χ0v) is 15.3. The number of benzene rings is 2. The number of rotatable bonds is 6. The lowest BCUT2D eigenvalue weighted by atomic mass is 10.1. The van der Waals surface area contributed by atoms with E-state index in [9.17, 15) is 4.79 Å². The van der Waals surface area contributed by atoms with E-state index >= 15 is 0 Å². The van der Waals surface area contributed by atoms with Crippen molar-refractivity contribution in [1.29, 1.82) is 0 Å². The number of amides is 1. The fourth-order valence-corrected chi connectivity index (χ4v) is 3.43. The molecule has 2 aromatic carbocycles. The summed E-state index contributed by atoms with van der Waals surface area (Å²) in [6, 6.07) is 16.3. The third-order valence-corrected chi connectivity index (χ3v) is 4.85. The highest BCUT2D eigenvalue weighted by Crippen LogP contribution is 2.26. The Labute approximate surface area is 158 Å². The summed E-state index contributed by atoms with van der Waals surface area (Å²) in [4.78, 5) is 18.8. The summed E-state index contributed by atoms with van der Waals surface area (Å²) in [7, 11) is 0. The molecular weight excluding hydrogens is 340 g/mol. The highest BCUT2D eigenvalue weighted by Gasteiger charge is 2.18. The van der Waals surface area contributed by atoms with Gasteiger partial charge in [0.2, 0.25) is 17.6 Å². The van der Waals surface area contributed by atoms with E-state index in [2.05, 4.69) is 44.6 Å². The Bertz CT molecular complexity index is 951. The number of hydrogen-bond acceptors (Lipinski definition) is 5. The average molecular weight is 362 g/mol. The van der Waals surface area contributed by atoms with Crippen molar-refractivity contribution < 1.29 is 9.32 Å². The lowest BCUT2D eigenvalue weighted by molar-refractivity contribution is -0.120. The maximum atomic E-state index is 12.2. The van der Waals surface area contributed by atoms with Crippen molar-refractivity contribution in [2.24, 2.45) is 0 Å². The number of anilines is 1. The van der Waals surface area contributed by atoms with Crippen LogP contribution in [0.5, 0.6) is 0 Å². The lowest BCUT2D eigenvalue weighted by Crippen LogP contribution is -2.34. The maximum Gasteiger partial charge on any atom is 0.236 e. The Morgan fingerprint density at radius 2 is 2.00 bits per heavy atom. The van der Waals surface area contributed by atoms with Crippen LogP contribution in [0.25, 0.3) is 11.4 Å². The van der Waals surface area contributed by atoms with Crippen LogP contribution in [0.15, 0.2) is 53.1 Å². The quantitative estimate of drug-likeness (QED) is 0.730. The highest BCUT2D eigenvalue weighted by molar-refractivity contribution is 5.77. The normalized spacial score (nSPS) is 12.9. The number of fused-ring (bicyclic) bond motifs is 1. The second kappa shape index (κ2) is 7.61. The Balaban J connectivity index is 1.29. The predicted molar refractivity (Wildman–Crippen MR) is 104 cm³/mol. The van der Waals surface area contributed by atoms with Gasteiger partial charge in [-0.2, -0.15) is 4.98 Å². The van der Waals surface area contributed by atoms with Gasteiger partial charge in [-0.3, -0.25) is 4.79 Å². The van der Waals surface area contributed by atoms with Crippen molar-refractivity contribution >= 4 is 11.6 Å². The van der Waals surface area contributed by atoms with Crippen molar-refractivity contribution in [2.75, 3.05) is 24.5 Å². The third-order valence-electron chi connectivity index (χ3n) is 4.85. The monoisotopic (exact) mass is 362 g/mol. The van der Waals surface area contributed by atoms with E-state index in [1.807, 2.05) is 31.2 Å². The van der Waals surface area contributed by atoms with Gasteiger partial charge in [0, 0.05) is 30.9 Å². The number of nitrogens with one attached hydrogen (secondary N) is 1. The smallest absolute Gasteiger partial charge is 0.236 e. The number of para-hydroxylation sites is 1. The number of nitrogens with zero attached hydrogens (tertiary/aromatic N) is 3. The minimum absolute atomic E-state index is 0.0927. The first-order valence-corrected chi connectivity index (χ1v) is 9.19. The first kappa shape index (κ1) is 17.3. The van der Waals surface area contributed by atoms with Crippen molar-refractivity contribution in [3.63, 3.8) is 0 Å². The standard InChI is InChI=1S/C21H22N4O2/c1-15-6-2-4-8-17(15)21-23-20(27-24-21)14-19(26)22-11-13-25-12-10-16-7-3-5-9-18(16)25/h2-9H,10-14H2,1H3,(H,22,26). The van der Waals surface area contributed by atoms with Gasteiger partial charge in [0.15, 0.2) is 0 Å². The second-order valence-corrected chi connectivity index (χ2v) is 6.72. The van der Waals surface area contributed by atoms with Gasteiger partial charge in [-0.15, -0.1) is 0 Å². The fourth-order valence-electron chi connectivity index (χ4n) is 3.43. The van der Waals surface area contributed by atoms with E-state index in [1.54, 1.807) is 0 Å². The highest BCUT2D eigenvalue weighted by atomic mass is 16.5. The van der Waals surface area contributed by atoms with Crippen molar-refractivity contribution in [2.45, 2.75) is 19.8 Å². The van der Waals surface area contributed by atoms with E-state index in [0.717, 1.165) is 30.6 Å². The molecular formula is C21H22N4O2. The molecule has 0 spiro atoms. The van der Waals surface area contributed by atoms with Crippen LogP contribution in [-0.2, 0) is 17.6 Å². The largest absolute Gasteiger partial charge is 0.369 e. The summed E-state index contributed by atoms with van der Waals surface area (Å²) >= 11 is 0. The van der Waals surface area contributed by atoms with Crippen molar-refractivity contribution in [3.8, 4) is 11.4 Å². The summed E-state index contributed by atoms with van der Waals surface area (Å²) in [5.41, 5.74) is 4.63. The van der Waals surface area contributed by atoms with Gasteiger partial charge in [0.25, 0.3) is 0 Å². The van der Waals surface area contributed by atoms with E-state index in [0.29, 0.717) is 18.3 Å². The molecule has 1 amide bonds. The van der Waals surface area contributed by atoms with Gasteiger partial charge < -0.3 is 14.7 Å². The first-order valence-electron chi connectivity index (χ1n) is 9.19. The van der Waals surface area contributed by atoms with Crippen LogP contribution in [0.3, 0.4) is 0 Å². The van der Waals surface area contributed by atoms with E-state index in [1.165, 1.54) is 11.3 Å². The molecule has 27 heavy (non-hydrogen) atoms. The molecule has 0 radical (unpaired) electrons. The molecule has 0 aliphatic carbocycles. The minimum atomic E-state index is -0.109. The molecule has 6 heteroatoms. The topological polar surface area (TPSA) is 71.3 Å². The first-order chi connectivity index (χ1) is 13.2.